The van der Waals surface area contributed by atoms with Crippen LogP contribution in [0.2, 0.25) is 0 Å². The third-order valence-corrected chi connectivity index (χ3v) is 6.15. The van der Waals surface area contributed by atoms with Crippen LogP contribution < -0.4 is 4.74 Å². The van der Waals surface area contributed by atoms with E-state index in [-0.39, 0.29) is 5.82 Å². The van der Waals surface area contributed by atoms with E-state index in [1.807, 2.05) is 36.7 Å². The monoisotopic (exact) mass is 403 g/mol. The third-order valence-electron chi connectivity index (χ3n) is 6.15. The molecule has 2 aromatic heterocycles. The zero-order valence-corrected chi connectivity index (χ0v) is 17.2. The minimum absolute atomic E-state index is 0.188. The molecule has 0 radical (unpaired) electrons. The molecule has 0 saturated heterocycles. The van der Waals surface area contributed by atoms with Gasteiger partial charge >= 0.3 is 0 Å². The predicted octanol–water partition coefficient (Wildman–Crippen LogP) is 5.11. The van der Waals surface area contributed by atoms with Gasteiger partial charge in [0, 0.05) is 46.8 Å². The maximum Gasteiger partial charge on any atom is 0.123 e. The van der Waals surface area contributed by atoms with Crippen LogP contribution in [0.4, 0.5) is 4.39 Å². The van der Waals surface area contributed by atoms with Gasteiger partial charge in [-0.05, 0) is 67.8 Å². The lowest BCUT2D eigenvalue weighted by atomic mass is 9.96. The van der Waals surface area contributed by atoms with Crippen LogP contribution in [0.1, 0.15) is 24.5 Å². The van der Waals surface area contributed by atoms with Gasteiger partial charge in [0.25, 0.3) is 0 Å². The Labute approximate surface area is 175 Å². The normalized spacial score (nSPS) is 16.2. The molecule has 1 N–H and O–H groups in total. The molecule has 4 nitrogen and oxygen atoms in total. The molecule has 0 saturated carbocycles. The van der Waals surface area contributed by atoms with Crippen LogP contribution in [0.25, 0.3) is 21.8 Å². The molecule has 0 bridgehead atoms. The maximum absolute atomic E-state index is 13.7. The topological polar surface area (TPSA) is 41.2 Å². The summed E-state index contributed by atoms with van der Waals surface area (Å²) in [6.07, 6.45) is 6.77. The Bertz CT molecular complexity index is 1190. The van der Waals surface area contributed by atoms with Crippen LogP contribution in [0, 0.1) is 5.82 Å². The summed E-state index contributed by atoms with van der Waals surface area (Å²) in [5, 5.41) is 2.16. The number of benzene rings is 2. The van der Waals surface area contributed by atoms with Gasteiger partial charge in [-0.25, -0.2) is 4.39 Å². The summed E-state index contributed by atoms with van der Waals surface area (Å²) in [6.45, 7) is 4.85. The maximum atomic E-state index is 13.7. The second-order valence-corrected chi connectivity index (χ2v) is 8.07. The van der Waals surface area contributed by atoms with Gasteiger partial charge in [-0.1, -0.05) is 13.0 Å². The number of halogens is 1. The number of pyridine rings is 1. The summed E-state index contributed by atoms with van der Waals surface area (Å²) >= 11 is 0. The molecule has 30 heavy (non-hydrogen) atoms. The summed E-state index contributed by atoms with van der Waals surface area (Å²) in [5.41, 5.74) is 4.43. The summed E-state index contributed by atoms with van der Waals surface area (Å²) in [6, 6.07) is 13.5. The molecule has 4 aromatic rings. The molecule has 1 aliphatic heterocycles. The smallest absolute Gasteiger partial charge is 0.123 e. The fourth-order valence-corrected chi connectivity index (χ4v) is 4.64. The van der Waals surface area contributed by atoms with Gasteiger partial charge in [0.15, 0.2) is 0 Å². The van der Waals surface area contributed by atoms with E-state index >= 15 is 0 Å². The van der Waals surface area contributed by atoms with E-state index in [1.54, 1.807) is 6.07 Å². The molecule has 154 valence electrons. The number of H-pyrrole nitrogens is 1. The minimum atomic E-state index is -0.188. The molecule has 5 heteroatoms. The summed E-state index contributed by atoms with van der Waals surface area (Å²) in [5.74, 6) is 0.793. The number of aromatic nitrogens is 2. The van der Waals surface area contributed by atoms with Gasteiger partial charge in [0.2, 0.25) is 0 Å². The zero-order chi connectivity index (χ0) is 20.5. The Kier molecular flexibility index (Phi) is 5.13. The SMILES string of the molecule is CCCN(CCc1c[nH]c2ccc(F)cc12)C1COc2ccc3ncccc3c2C1. The lowest BCUT2D eigenvalue weighted by molar-refractivity contribution is 0.121. The van der Waals surface area contributed by atoms with Crippen molar-refractivity contribution in [3.05, 3.63) is 71.8 Å². The van der Waals surface area contributed by atoms with Crippen molar-refractivity contribution in [1.82, 2.24) is 14.9 Å². The molecular formula is C25H26FN3O. The van der Waals surface area contributed by atoms with Gasteiger partial charge < -0.3 is 9.72 Å². The standard InChI is InChI=1S/C25H26FN3O/c1-2-11-29(12-9-17-15-28-24-6-5-18(26)13-21(17)24)19-14-22-20-4-3-10-27-23(20)7-8-25(22)30-16-19/h3-8,10,13,15,19,28H,2,9,11-12,14,16H2,1H3. The lowest BCUT2D eigenvalue weighted by Gasteiger charge is -2.35. The van der Waals surface area contributed by atoms with Crippen molar-refractivity contribution in [1.29, 1.82) is 0 Å². The fourth-order valence-electron chi connectivity index (χ4n) is 4.64. The van der Waals surface area contributed by atoms with Crippen LogP contribution in [-0.4, -0.2) is 40.6 Å². The quantitative estimate of drug-likeness (QED) is 0.486. The summed E-state index contributed by atoms with van der Waals surface area (Å²) < 4.78 is 19.9. The van der Waals surface area contributed by atoms with E-state index in [0.29, 0.717) is 12.6 Å². The van der Waals surface area contributed by atoms with Crippen LogP contribution >= 0.6 is 0 Å². The molecular weight excluding hydrogens is 377 g/mol. The summed E-state index contributed by atoms with van der Waals surface area (Å²) in [7, 11) is 0. The van der Waals surface area contributed by atoms with Gasteiger partial charge in [-0.2, -0.15) is 0 Å². The van der Waals surface area contributed by atoms with Crippen LogP contribution in [0.15, 0.2) is 54.9 Å². The molecule has 1 unspecified atom stereocenters. The van der Waals surface area contributed by atoms with Crippen LogP contribution in [-0.2, 0) is 12.8 Å². The highest BCUT2D eigenvalue weighted by Gasteiger charge is 2.26. The fraction of sp³-hybridized carbons (Fsp3) is 0.320. The Morgan fingerprint density at radius 2 is 2.10 bits per heavy atom. The Morgan fingerprint density at radius 1 is 1.17 bits per heavy atom. The van der Waals surface area contributed by atoms with Gasteiger partial charge in [0.05, 0.1) is 5.52 Å². The first kappa shape index (κ1) is 19.1. The van der Waals surface area contributed by atoms with Crippen molar-refractivity contribution in [2.45, 2.75) is 32.2 Å². The van der Waals surface area contributed by atoms with Gasteiger partial charge in [-0.15, -0.1) is 0 Å². The number of fused-ring (bicyclic) bond motifs is 4. The van der Waals surface area contributed by atoms with E-state index in [2.05, 4.69) is 27.9 Å². The molecule has 0 fully saturated rings. The first-order valence-electron chi connectivity index (χ1n) is 10.7. The first-order valence-corrected chi connectivity index (χ1v) is 10.7. The third kappa shape index (κ3) is 3.54. The van der Waals surface area contributed by atoms with Crippen LogP contribution in [0.3, 0.4) is 0 Å². The second kappa shape index (κ2) is 8.07. The van der Waals surface area contributed by atoms with Crippen molar-refractivity contribution >= 4 is 21.8 Å². The van der Waals surface area contributed by atoms with Crippen molar-refractivity contribution in [2.75, 3.05) is 19.7 Å². The van der Waals surface area contributed by atoms with E-state index < -0.39 is 0 Å². The highest BCUT2D eigenvalue weighted by molar-refractivity contribution is 5.85. The van der Waals surface area contributed by atoms with E-state index in [4.69, 9.17) is 4.74 Å². The van der Waals surface area contributed by atoms with E-state index in [0.717, 1.165) is 60.1 Å². The highest BCUT2D eigenvalue weighted by Crippen LogP contribution is 2.32. The number of aromatic amines is 1. The number of rotatable bonds is 6. The average Bonchev–Trinajstić information content (AvgIpc) is 3.18. The molecule has 0 aliphatic carbocycles. The second-order valence-electron chi connectivity index (χ2n) is 8.07. The predicted molar refractivity (Wildman–Crippen MR) is 119 cm³/mol. The van der Waals surface area contributed by atoms with E-state index in [9.17, 15) is 4.39 Å². The largest absolute Gasteiger partial charge is 0.492 e. The minimum Gasteiger partial charge on any atom is -0.492 e. The van der Waals surface area contributed by atoms with Crippen molar-refractivity contribution < 1.29 is 9.13 Å². The number of nitrogens with one attached hydrogen (secondary N) is 1. The van der Waals surface area contributed by atoms with Crippen molar-refractivity contribution in [3.63, 3.8) is 0 Å². The molecule has 0 spiro atoms. The van der Waals surface area contributed by atoms with E-state index in [1.165, 1.54) is 17.0 Å². The zero-order valence-electron chi connectivity index (χ0n) is 17.2. The Balaban J connectivity index is 1.37. The summed E-state index contributed by atoms with van der Waals surface area (Å²) in [4.78, 5) is 10.3. The number of hydrogen-bond acceptors (Lipinski definition) is 3. The molecule has 0 amide bonds. The lowest BCUT2D eigenvalue weighted by Crippen LogP contribution is -2.44. The average molecular weight is 404 g/mol. The molecule has 2 aromatic carbocycles. The molecule has 5 rings (SSSR count). The Hall–Kier alpha value is -2.92. The van der Waals surface area contributed by atoms with Gasteiger partial charge in [0.1, 0.15) is 18.2 Å². The number of hydrogen-bond donors (Lipinski definition) is 1. The van der Waals surface area contributed by atoms with Gasteiger partial charge in [-0.3, -0.25) is 9.88 Å². The van der Waals surface area contributed by atoms with Crippen molar-refractivity contribution in [2.24, 2.45) is 0 Å². The van der Waals surface area contributed by atoms with Crippen LogP contribution in [0.5, 0.6) is 5.75 Å². The first-order chi connectivity index (χ1) is 14.7. The number of nitrogens with zero attached hydrogens (tertiary/aromatic N) is 2. The Morgan fingerprint density at radius 3 is 3.00 bits per heavy atom. The molecule has 3 heterocycles. The molecule has 1 atom stereocenters. The number of ether oxygens (including phenoxy) is 1. The molecule has 1 aliphatic rings. The highest BCUT2D eigenvalue weighted by atomic mass is 19.1. The van der Waals surface area contributed by atoms with Crippen molar-refractivity contribution in [3.8, 4) is 5.75 Å².